The number of nitrogens with one attached hydrogen (secondary N) is 1. The van der Waals surface area contributed by atoms with Crippen molar-refractivity contribution in [2.75, 3.05) is 18.5 Å². The van der Waals surface area contributed by atoms with Gasteiger partial charge in [0.15, 0.2) is 6.61 Å². The monoisotopic (exact) mass is 408 g/mol. The van der Waals surface area contributed by atoms with Crippen molar-refractivity contribution in [3.8, 4) is 6.07 Å². The second kappa shape index (κ2) is 8.19. The highest BCUT2D eigenvalue weighted by Crippen LogP contribution is 2.23. The highest BCUT2D eigenvalue weighted by atomic mass is 16.6. The summed E-state index contributed by atoms with van der Waals surface area (Å²) < 4.78 is 4.78. The molecule has 0 aliphatic carbocycles. The zero-order chi connectivity index (χ0) is 21.8. The number of carbonyl (C=O) groups excluding carboxylic acids is 4. The van der Waals surface area contributed by atoms with Crippen molar-refractivity contribution in [1.29, 1.82) is 5.26 Å². The van der Waals surface area contributed by atoms with Crippen molar-refractivity contribution >= 4 is 35.1 Å². The molecule has 0 saturated carbocycles. The Hall–Kier alpha value is -4.59. The molecule has 150 valence electrons. The number of amides is 3. The maximum Gasteiger partial charge on any atom is 0.326 e. The fraction of sp³-hybridized carbons (Fsp3) is 0.105. The van der Waals surface area contributed by atoms with Crippen LogP contribution in [-0.2, 0) is 14.3 Å². The number of esters is 1. The van der Waals surface area contributed by atoms with Gasteiger partial charge in [-0.1, -0.05) is 12.1 Å². The van der Waals surface area contributed by atoms with Crippen LogP contribution in [0.3, 0.4) is 0 Å². The first kappa shape index (κ1) is 20.2. The maximum absolute atomic E-state index is 12.2. The first-order valence-corrected chi connectivity index (χ1v) is 8.41. The van der Waals surface area contributed by atoms with Crippen molar-refractivity contribution in [2.24, 2.45) is 0 Å². The lowest BCUT2D eigenvalue weighted by molar-refractivity contribution is -0.384. The van der Waals surface area contributed by atoms with E-state index >= 15 is 0 Å². The number of nitro groups is 1. The SMILES string of the molecule is N#Cc1cc([N+](=O)[O-])ccc1NC(=O)COC(=O)CN1C(=O)c2ccccc2C1=O. The van der Waals surface area contributed by atoms with Crippen LogP contribution in [0.5, 0.6) is 0 Å². The summed E-state index contributed by atoms with van der Waals surface area (Å²) in [6, 6.07) is 11.1. The smallest absolute Gasteiger partial charge is 0.326 e. The molecule has 0 fully saturated rings. The number of rotatable bonds is 6. The molecule has 11 nitrogen and oxygen atoms in total. The van der Waals surface area contributed by atoms with Crippen molar-refractivity contribution < 1.29 is 28.8 Å². The van der Waals surface area contributed by atoms with Gasteiger partial charge in [0.2, 0.25) is 0 Å². The van der Waals surface area contributed by atoms with Gasteiger partial charge < -0.3 is 10.1 Å². The second-order valence-corrected chi connectivity index (χ2v) is 6.05. The molecule has 3 amide bonds. The number of hydrogen-bond acceptors (Lipinski definition) is 8. The van der Waals surface area contributed by atoms with E-state index in [-0.39, 0.29) is 28.1 Å². The Kier molecular flexibility index (Phi) is 5.50. The van der Waals surface area contributed by atoms with Gasteiger partial charge >= 0.3 is 5.97 Å². The molecule has 1 aliphatic rings. The number of ether oxygens (including phenoxy) is 1. The topological polar surface area (TPSA) is 160 Å². The number of anilines is 1. The van der Waals surface area contributed by atoms with Crippen LogP contribution >= 0.6 is 0 Å². The third kappa shape index (κ3) is 3.97. The van der Waals surface area contributed by atoms with E-state index in [1.807, 2.05) is 0 Å². The Morgan fingerprint density at radius 1 is 1.13 bits per heavy atom. The van der Waals surface area contributed by atoms with Crippen molar-refractivity contribution in [1.82, 2.24) is 4.90 Å². The largest absolute Gasteiger partial charge is 0.454 e. The summed E-state index contributed by atoms with van der Waals surface area (Å²) in [6.45, 7) is -1.41. The summed E-state index contributed by atoms with van der Waals surface area (Å²) in [5, 5.41) is 22.1. The summed E-state index contributed by atoms with van der Waals surface area (Å²) in [7, 11) is 0. The Morgan fingerprint density at radius 2 is 1.77 bits per heavy atom. The molecule has 2 aromatic rings. The van der Waals surface area contributed by atoms with Gasteiger partial charge in [-0.15, -0.1) is 0 Å². The Balaban J connectivity index is 1.56. The summed E-state index contributed by atoms with van der Waals surface area (Å²) in [5.74, 6) is -3.07. The van der Waals surface area contributed by atoms with E-state index in [0.29, 0.717) is 0 Å². The summed E-state index contributed by atoms with van der Waals surface area (Å²) in [6.07, 6.45) is 0. The minimum atomic E-state index is -0.983. The maximum atomic E-state index is 12.2. The van der Waals surface area contributed by atoms with Gasteiger partial charge in [0.05, 0.1) is 27.3 Å². The van der Waals surface area contributed by atoms with Crippen LogP contribution in [0.15, 0.2) is 42.5 Å². The van der Waals surface area contributed by atoms with Crippen LogP contribution in [0.4, 0.5) is 11.4 Å². The number of benzene rings is 2. The predicted molar refractivity (Wildman–Crippen MR) is 99.2 cm³/mol. The fourth-order valence-corrected chi connectivity index (χ4v) is 2.74. The quantitative estimate of drug-likeness (QED) is 0.323. The Bertz CT molecular complexity index is 1100. The van der Waals surface area contributed by atoms with Crippen LogP contribution in [0, 0.1) is 21.4 Å². The van der Waals surface area contributed by atoms with E-state index in [4.69, 9.17) is 10.00 Å². The highest BCUT2D eigenvalue weighted by Gasteiger charge is 2.36. The molecule has 0 saturated heterocycles. The molecule has 2 aromatic carbocycles. The lowest BCUT2D eigenvalue weighted by atomic mass is 10.1. The zero-order valence-electron chi connectivity index (χ0n) is 15.2. The first-order valence-electron chi connectivity index (χ1n) is 8.41. The van der Waals surface area contributed by atoms with Gasteiger partial charge in [0.25, 0.3) is 23.4 Å². The predicted octanol–water partition coefficient (Wildman–Crippen LogP) is 1.24. The fourth-order valence-electron chi connectivity index (χ4n) is 2.74. The third-order valence-electron chi connectivity index (χ3n) is 4.14. The molecular weight excluding hydrogens is 396 g/mol. The number of fused-ring (bicyclic) bond motifs is 1. The highest BCUT2D eigenvalue weighted by molar-refractivity contribution is 6.22. The molecule has 3 rings (SSSR count). The van der Waals surface area contributed by atoms with Crippen molar-refractivity contribution in [3.63, 3.8) is 0 Å². The molecule has 1 N–H and O–H groups in total. The lowest BCUT2D eigenvalue weighted by Gasteiger charge is -2.13. The summed E-state index contributed by atoms with van der Waals surface area (Å²) in [4.78, 5) is 59.1. The van der Waals surface area contributed by atoms with Gasteiger partial charge in [-0.05, 0) is 18.2 Å². The number of hydrogen-bond donors (Lipinski definition) is 1. The molecule has 30 heavy (non-hydrogen) atoms. The molecule has 1 aliphatic heterocycles. The van der Waals surface area contributed by atoms with Gasteiger partial charge in [-0.2, -0.15) is 5.26 Å². The minimum absolute atomic E-state index is 0.00416. The Labute approximate surface area is 168 Å². The molecule has 0 atom stereocenters. The van der Waals surface area contributed by atoms with E-state index in [1.54, 1.807) is 18.2 Å². The second-order valence-electron chi connectivity index (χ2n) is 6.05. The van der Waals surface area contributed by atoms with Gasteiger partial charge in [0, 0.05) is 12.1 Å². The molecule has 0 unspecified atom stereocenters. The summed E-state index contributed by atoms with van der Waals surface area (Å²) in [5.41, 5.74) is -0.109. The van der Waals surface area contributed by atoms with E-state index in [9.17, 15) is 29.3 Å². The average molecular weight is 408 g/mol. The number of carbonyl (C=O) groups is 4. The third-order valence-corrected chi connectivity index (χ3v) is 4.14. The van der Waals surface area contributed by atoms with E-state index < -0.39 is 41.8 Å². The molecule has 1 heterocycles. The van der Waals surface area contributed by atoms with Crippen LogP contribution in [0.1, 0.15) is 26.3 Å². The molecule has 0 aromatic heterocycles. The molecule has 0 bridgehead atoms. The van der Waals surface area contributed by atoms with Gasteiger partial charge in [-0.3, -0.25) is 34.2 Å². The molecule has 0 spiro atoms. The van der Waals surface area contributed by atoms with E-state index in [0.717, 1.165) is 17.0 Å². The lowest BCUT2D eigenvalue weighted by Crippen LogP contribution is -2.36. The number of nitro benzene ring substituents is 1. The molecule has 11 heteroatoms. The standard InChI is InChI=1S/C19H12N4O7/c20-8-11-7-12(23(28)29)5-6-15(11)21-16(24)10-30-17(25)9-22-18(26)13-3-1-2-4-14(13)19(22)27/h1-7H,9-10H2,(H,21,24). The number of non-ortho nitro benzene ring substituents is 1. The Morgan fingerprint density at radius 3 is 2.33 bits per heavy atom. The van der Waals surface area contributed by atoms with Gasteiger partial charge in [0.1, 0.15) is 12.6 Å². The average Bonchev–Trinajstić information content (AvgIpc) is 2.97. The molecular formula is C19H12N4O7. The van der Waals surface area contributed by atoms with E-state index in [2.05, 4.69) is 5.32 Å². The normalized spacial score (nSPS) is 12.2. The number of imide groups is 1. The molecule has 0 radical (unpaired) electrons. The van der Waals surface area contributed by atoms with Gasteiger partial charge in [-0.25, -0.2) is 0 Å². The van der Waals surface area contributed by atoms with Crippen LogP contribution < -0.4 is 5.32 Å². The van der Waals surface area contributed by atoms with E-state index in [1.165, 1.54) is 18.2 Å². The van der Waals surface area contributed by atoms with Crippen LogP contribution in [0.25, 0.3) is 0 Å². The zero-order valence-corrected chi connectivity index (χ0v) is 15.2. The van der Waals surface area contributed by atoms with Crippen molar-refractivity contribution in [3.05, 3.63) is 69.3 Å². The summed E-state index contributed by atoms with van der Waals surface area (Å²) >= 11 is 0. The minimum Gasteiger partial charge on any atom is -0.454 e. The number of nitriles is 1. The van der Waals surface area contributed by atoms with Crippen LogP contribution in [-0.4, -0.2) is 46.7 Å². The van der Waals surface area contributed by atoms with Crippen molar-refractivity contribution in [2.45, 2.75) is 0 Å². The first-order chi connectivity index (χ1) is 14.3. The number of nitrogens with zero attached hydrogens (tertiary/aromatic N) is 3. The van der Waals surface area contributed by atoms with Crippen LogP contribution in [0.2, 0.25) is 0 Å².